The molecule has 0 radical (unpaired) electrons. The predicted molar refractivity (Wildman–Crippen MR) is 170 cm³/mol. The number of carbonyl (C=O) groups is 1. The zero-order chi connectivity index (χ0) is 29.6. The number of rotatable bonds is 14. The molecule has 4 rings (SSSR count). The van der Waals surface area contributed by atoms with Gasteiger partial charge in [0.15, 0.2) is 0 Å². The molecule has 0 unspecified atom stereocenters. The van der Waals surface area contributed by atoms with Crippen molar-refractivity contribution in [1.29, 1.82) is 0 Å². The molecule has 5 nitrogen and oxygen atoms in total. The Balaban J connectivity index is 1.32. The fraction of sp³-hybridized carbons (Fsp3) is 0.457. The van der Waals surface area contributed by atoms with Crippen LogP contribution in [0.25, 0.3) is 11.1 Å². The van der Waals surface area contributed by atoms with Gasteiger partial charge in [0.1, 0.15) is 0 Å². The average Bonchev–Trinajstić information content (AvgIpc) is 3.32. The van der Waals surface area contributed by atoms with Gasteiger partial charge < -0.3 is 15.5 Å². The van der Waals surface area contributed by atoms with Crippen LogP contribution in [-0.4, -0.2) is 52.3 Å². The Bertz CT molecular complexity index is 1310. The van der Waals surface area contributed by atoms with Gasteiger partial charge >= 0.3 is 5.97 Å². The summed E-state index contributed by atoms with van der Waals surface area (Å²) < 4.78 is 2.12. The minimum absolute atomic E-state index is 0.0382. The molecule has 3 aromatic carbocycles. The lowest BCUT2D eigenvalue weighted by Gasteiger charge is -2.31. The van der Waals surface area contributed by atoms with Crippen molar-refractivity contribution in [2.75, 3.05) is 20.1 Å². The van der Waals surface area contributed by atoms with Crippen molar-refractivity contribution in [1.82, 2.24) is 9.62 Å². The second-order valence-corrected chi connectivity index (χ2v) is 13.5. The highest BCUT2D eigenvalue weighted by Crippen LogP contribution is 2.34. The van der Waals surface area contributed by atoms with Crippen molar-refractivity contribution in [3.05, 3.63) is 88.5 Å². The van der Waals surface area contributed by atoms with E-state index in [-0.39, 0.29) is 12.0 Å². The molecule has 41 heavy (non-hydrogen) atoms. The summed E-state index contributed by atoms with van der Waals surface area (Å²) in [5, 5.41) is 23.7. The summed E-state index contributed by atoms with van der Waals surface area (Å²) >= 11 is 1.67. The number of β-amino-alcohol motifs (C(OH)–C–C–N with tert-alkyl or cyclic N) is 1. The molecule has 0 bridgehead atoms. The SMILES string of the molecule is CCc1cc(-c2c(C)cccc2CCC(=O)O)ccc1SN(C)C[C@H](O)CNC(C)(C)CC1Cc2ccccc2C1. The average molecular weight is 575 g/mol. The third-order valence-electron chi connectivity index (χ3n) is 8.17. The highest BCUT2D eigenvalue weighted by atomic mass is 32.2. The van der Waals surface area contributed by atoms with Crippen LogP contribution in [0, 0.1) is 12.8 Å². The molecule has 6 heteroatoms. The number of likely N-dealkylation sites (N-methyl/N-ethyl adjacent to an activating group) is 1. The number of nitrogens with zero attached hydrogens (tertiary/aromatic N) is 1. The van der Waals surface area contributed by atoms with E-state index in [1.165, 1.54) is 21.6 Å². The number of hydrogen-bond acceptors (Lipinski definition) is 5. The number of benzene rings is 3. The van der Waals surface area contributed by atoms with Crippen LogP contribution in [0.1, 0.15) is 61.4 Å². The number of fused-ring (bicyclic) bond motifs is 1. The Morgan fingerprint density at radius 3 is 2.44 bits per heavy atom. The topological polar surface area (TPSA) is 72.8 Å². The third kappa shape index (κ3) is 8.68. The summed E-state index contributed by atoms with van der Waals surface area (Å²) in [5.74, 6) is -0.129. The Morgan fingerprint density at radius 1 is 1.07 bits per heavy atom. The van der Waals surface area contributed by atoms with E-state index in [4.69, 9.17) is 0 Å². The van der Waals surface area contributed by atoms with Gasteiger partial charge in [-0.15, -0.1) is 0 Å². The van der Waals surface area contributed by atoms with Crippen molar-refractivity contribution in [3.8, 4) is 11.1 Å². The third-order valence-corrected chi connectivity index (χ3v) is 9.23. The summed E-state index contributed by atoms with van der Waals surface area (Å²) in [5.41, 5.74) is 8.68. The molecule has 0 amide bonds. The van der Waals surface area contributed by atoms with Crippen LogP contribution < -0.4 is 5.32 Å². The smallest absolute Gasteiger partial charge is 0.303 e. The lowest BCUT2D eigenvalue weighted by Crippen LogP contribution is -2.46. The van der Waals surface area contributed by atoms with Gasteiger partial charge in [-0.1, -0.05) is 55.5 Å². The van der Waals surface area contributed by atoms with Crippen LogP contribution in [0.5, 0.6) is 0 Å². The first-order chi connectivity index (χ1) is 19.5. The fourth-order valence-electron chi connectivity index (χ4n) is 6.24. The van der Waals surface area contributed by atoms with Gasteiger partial charge in [0.2, 0.25) is 0 Å². The lowest BCUT2D eigenvalue weighted by molar-refractivity contribution is -0.136. The number of carboxylic acids is 1. The van der Waals surface area contributed by atoms with E-state index in [1.807, 2.05) is 19.2 Å². The van der Waals surface area contributed by atoms with Crippen LogP contribution >= 0.6 is 11.9 Å². The van der Waals surface area contributed by atoms with E-state index in [9.17, 15) is 15.0 Å². The maximum Gasteiger partial charge on any atom is 0.303 e. The van der Waals surface area contributed by atoms with Crippen molar-refractivity contribution in [2.24, 2.45) is 5.92 Å². The lowest BCUT2D eigenvalue weighted by atomic mass is 9.88. The molecule has 1 atom stereocenters. The van der Waals surface area contributed by atoms with Crippen LogP contribution in [-0.2, 0) is 30.5 Å². The minimum atomic E-state index is -0.776. The van der Waals surface area contributed by atoms with E-state index in [2.05, 4.69) is 85.8 Å². The molecule has 1 aliphatic rings. The molecule has 0 aromatic heterocycles. The summed E-state index contributed by atoms with van der Waals surface area (Å²) in [4.78, 5) is 12.4. The first-order valence-electron chi connectivity index (χ1n) is 14.9. The van der Waals surface area contributed by atoms with Crippen molar-refractivity contribution < 1.29 is 15.0 Å². The maximum absolute atomic E-state index is 11.2. The van der Waals surface area contributed by atoms with Crippen molar-refractivity contribution >= 4 is 17.9 Å². The first-order valence-corrected chi connectivity index (χ1v) is 15.6. The van der Waals surface area contributed by atoms with Crippen molar-refractivity contribution in [3.63, 3.8) is 0 Å². The molecule has 220 valence electrons. The zero-order valence-corrected chi connectivity index (χ0v) is 26.1. The van der Waals surface area contributed by atoms with E-state index < -0.39 is 12.1 Å². The van der Waals surface area contributed by atoms with E-state index >= 15 is 0 Å². The molecule has 1 aliphatic carbocycles. The molecule has 0 spiro atoms. The van der Waals surface area contributed by atoms with E-state index in [0.717, 1.165) is 47.9 Å². The molecule has 3 N–H and O–H groups in total. The Morgan fingerprint density at radius 2 is 1.78 bits per heavy atom. The molecule has 0 fully saturated rings. The molecule has 0 saturated heterocycles. The van der Waals surface area contributed by atoms with Gasteiger partial charge in [0, 0.05) is 29.9 Å². The number of aliphatic carboxylic acids is 1. The molecular weight excluding hydrogens is 528 g/mol. The monoisotopic (exact) mass is 574 g/mol. The van der Waals surface area contributed by atoms with Gasteiger partial charge in [0.25, 0.3) is 0 Å². The van der Waals surface area contributed by atoms with Gasteiger partial charge in [-0.05, 0) is 129 Å². The number of aryl methyl sites for hydroxylation is 3. The molecular formula is C35H46N2O3S. The summed E-state index contributed by atoms with van der Waals surface area (Å²) in [6, 6.07) is 21.5. The fourth-order valence-corrected chi connectivity index (χ4v) is 7.27. The summed E-state index contributed by atoms with van der Waals surface area (Å²) in [7, 11) is 2.04. The Labute approximate surface area is 250 Å². The van der Waals surface area contributed by atoms with E-state index in [0.29, 0.717) is 25.4 Å². The van der Waals surface area contributed by atoms with Crippen LogP contribution in [0.4, 0.5) is 0 Å². The van der Waals surface area contributed by atoms with Gasteiger partial charge in [-0.25, -0.2) is 4.31 Å². The van der Waals surface area contributed by atoms with Crippen molar-refractivity contribution in [2.45, 2.75) is 82.8 Å². The Kier molecular flexibility index (Phi) is 10.7. The standard InChI is InChI=1S/C35H46N2O3S/c1-6-26-20-30(34-24(2)10-9-13-27(34)15-17-33(39)40)14-16-32(26)41-37(5)23-31(38)22-36-35(3,4)21-25-18-28-11-7-8-12-29(28)19-25/h7-14,16,20,25,31,36,38H,6,15,17-19,21-23H2,1-5H3,(H,39,40)/t31-/m1/s1. The maximum atomic E-state index is 11.2. The number of hydrogen-bond donors (Lipinski definition) is 3. The molecule has 0 aliphatic heterocycles. The van der Waals surface area contributed by atoms with Gasteiger partial charge in [0.05, 0.1) is 6.10 Å². The normalized spacial score (nSPS) is 14.4. The zero-order valence-electron chi connectivity index (χ0n) is 25.2. The van der Waals surface area contributed by atoms with Gasteiger partial charge in [-0.2, -0.15) is 0 Å². The first kappa shape index (κ1) is 31.3. The Hall–Kier alpha value is -2.64. The summed E-state index contributed by atoms with van der Waals surface area (Å²) in [6.45, 7) is 9.87. The van der Waals surface area contributed by atoms with Crippen LogP contribution in [0.3, 0.4) is 0 Å². The second-order valence-electron chi connectivity index (χ2n) is 12.2. The largest absolute Gasteiger partial charge is 0.481 e. The molecule has 0 heterocycles. The second kappa shape index (κ2) is 14.0. The minimum Gasteiger partial charge on any atom is -0.481 e. The highest BCUT2D eigenvalue weighted by Gasteiger charge is 2.28. The number of nitrogens with one attached hydrogen (secondary N) is 1. The quantitative estimate of drug-likeness (QED) is 0.186. The van der Waals surface area contributed by atoms with E-state index in [1.54, 1.807) is 11.9 Å². The molecule has 3 aromatic rings. The van der Waals surface area contributed by atoms with Gasteiger partial charge in [-0.3, -0.25) is 4.79 Å². The van der Waals surface area contributed by atoms with Crippen LogP contribution in [0.2, 0.25) is 0 Å². The molecule has 0 saturated carbocycles. The van der Waals surface area contributed by atoms with Crippen LogP contribution in [0.15, 0.2) is 65.6 Å². The number of aliphatic hydroxyl groups is 1. The number of carboxylic acid groups (broad SMARTS) is 1. The predicted octanol–water partition coefficient (Wildman–Crippen LogP) is 6.71. The highest BCUT2D eigenvalue weighted by molar-refractivity contribution is 7.97. The number of aliphatic hydroxyl groups excluding tert-OH is 1. The summed E-state index contributed by atoms with van der Waals surface area (Å²) in [6.07, 6.45) is 4.45.